The molecule has 2 saturated heterocycles. The number of ether oxygens (including phenoxy) is 1. The number of hydrogen-bond acceptors (Lipinski definition) is 5. The Bertz CT molecular complexity index is 728. The largest absolute Gasteiger partial charge is 0.490 e. The lowest BCUT2D eigenvalue weighted by Gasteiger charge is -2.29. The fourth-order valence-corrected chi connectivity index (χ4v) is 3.76. The first-order chi connectivity index (χ1) is 13.1. The van der Waals surface area contributed by atoms with Crippen LogP contribution in [0, 0.1) is 0 Å². The van der Waals surface area contributed by atoms with Gasteiger partial charge < -0.3 is 15.0 Å². The van der Waals surface area contributed by atoms with E-state index in [4.69, 9.17) is 4.74 Å². The molecule has 1 unspecified atom stereocenters. The molecular weight excluding hydrogens is 346 g/mol. The minimum atomic E-state index is -0.593. The SMILES string of the molecule is CC.O=C1CCC(N2Cc3c(OC4CCNCC4)cccc3C2=O)C(=O)N1. The Morgan fingerprint density at radius 2 is 1.81 bits per heavy atom. The summed E-state index contributed by atoms with van der Waals surface area (Å²) in [7, 11) is 0. The van der Waals surface area contributed by atoms with Crippen molar-refractivity contribution in [1.82, 2.24) is 15.5 Å². The summed E-state index contributed by atoms with van der Waals surface area (Å²) < 4.78 is 6.15. The molecule has 3 amide bonds. The highest BCUT2D eigenvalue weighted by Gasteiger charge is 2.40. The molecular formula is C20H27N3O4. The third kappa shape index (κ3) is 3.98. The van der Waals surface area contributed by atoms with Crippen LogP contribution in [0.5, 0.6) is 5.75 Å². The van der Waals surface area contributed by atoms with Gasteiger partial charge in [-0.2, -0.15) is 0 Å². The van der Waals surface area contributed by atoms with Gasteiger partial charge in [-0.25, -0.2) is 0 Å². The number of benzene rings is 1. The van der Waals surface area contributed by atoms with Crippen molar-refractivity contribution in [1.29, 1.82) is 0 Å². The first kappa shape index (κ1) is 19.4. The molecule has 0 radical (unpaired) electrons. The summed E-state index contributed by atoms with van der Waals surface area (Å²) in [4.78, 5) is 37.8. The first-order valence-corrected chi connectivity index (χ1v) is 9.77. The lowest BCUT2D eigenvalue weighted by molar-refractivity contribution is -0.136. The lowest BCUT2D eigenvalue weighted by Crippen LogP contribution is -2.52. The molecule has 4 rings (SSSR count). The number of imide groups is 1. The number of rotatable bonds is 3. The summed E-state index contributed by atoms with van der Waals surface area (Å²) in [5, 5.41) is 5.63. The normalized spacial score (nSPS) is 22.7. The summed E-state index contributed by atoms with van der Waals surface area (Å²) in [6.45, 7) is 6.21. The number of carbonyl (C=O) groups is 3. The summed E-state index contributed by atoms with van der Waals surface area (Å²) in [5.74, 6) is -0.105. The molecule has 3 aliphatic heterocycles. The van der Waals surface area contributed by atoms with E-state index in [9.17, 15) is 14.4 Å². The van der Waals surface area contributed by atoms with Crippen LogP contribution in [-0.4, -0.2) is 47.9 Å². The van der Waals surface area contributed by atoms with E-state index in [1.807, 2.05) is 26.0 Å². The van der Waals surface area contributed by atoms with Gasteiger partial charge in [0, 0.05) is 17.5 Å². The maximum atomic E-state index is 12.8. The molecule has 27 heavy (non-hydrogen) atoms. The summed E-state index contributed by atoms with van der Waals surface area (Å²) in [6, 6.07) is 4.89. The van der Waals surface area contributed by atoms with E-state index in [0.717, 1.165) is 37.2 Å². The van der Waals surface area contributed by atoms with Crippen LogP contribution in [0.25, 0.3) is 0 Å². The minimum Gasteiger partial charge on any atom is -0.490 e. The average Bonchev–Trinajstić information content (AvgIpc) is 3.02. The molecule has 1 atom stereocenters. The Morgan fingerprint density at radius 1 is 1.07 bits per heavy atom. The molecule has 1 aromatic rings. The molecule has 7 heteroatoms. The second kappa shape index (κ2) is 8.52. The zero-order valence-electron chi connectivity index (χ0n) is 15.9. The van der Waals surface area contributed by atoms with Crippen molar-refractivity contribution in [2.75, 3.05) is 13.1 Å². The van der Waals surface area contributed by atoms with Crippen molar-refractivity contribution in [3.63, 3.8) is 0 Å². The van der Waals surface area contributed by atoms with Gasteiger partial charge in [0.15, 0.2) is 0 Å². The van der Waals surface area contributed by atoms with Gasteiger partial charge in [0.05, 0.1) is 6.54 Å². The van der Waals surface area contributed by atoms with Crippen molar-refractivity contribution in [2.24, 2.45) is 0 Å². The fourth-order valence-electron chi connectivity index (χ4n) is 3.76. The average molecular weight is 373 g/mol. The number of hydrogen-bond donors (Lipinski definition) is 2. The van der Waals surface area contributed by atoms with Crippen LogP contribution in [0.1, 0.15) is 55.5 Å². The number of amides is 3. The number of piperidine rings is 2. The Morgan fingerprint density at radius 3 is 2.52 bits per heavy atom. The summed E-state index contributed by atoms with van der Waals surface area (Å²) in [5.41, 5.74) is 1.44. The van der Waals surface area contributed by atoms with Gasteiger partial charge in [0.1, 0.15) is 17.9 Å². The van der Waals surface area contributed by atoms with E-state index in [0.29, 0.717) is 18.5 Å². The molecule has 2 N–H and O–H groups in total. The molecule has 3 heterocycles. The monoisotopic (exact) mass is 373 g/mol. The Balaban J connectivity index is 0.00000102. The highest BCUT2D eigenvalue weighted by Crippen LogP contribution is 2.34. The molecule has 0 aromatic heterocycles. The van der Waals surface area contributed by atoms with Gasteiger partial charge in [-0.3, -0.25) is 19.7 Å². The quantitative estimate of drug-likeness (QED) is 0.786. The van der Waals surface area contributed by atoms with Gasteiger partial charge >= 0.3 is 0 Å². The second-order valence-corrected chi connectivity index (χ2v) is 6.75. The zero-order chi connectivity index (χ0) is 19.4. The molecule has 3 aliphatic rings. The molecule has 0 aliphatic carbocycles. The van der Waals surface area contributed by atoms with Crippen LogP contribution >= 0.6 is 0 Å². The Hall–Kier alpha value is -2.41. The van der Waals surface area contributed by atoms with Crippen LogP contribution in [-0.2, 0) is 16.1 Å². The van der Waals surface area contributed by atoms with Crippen molar-refractivity contribution in [2.45, 2.75) is 58.2 Å². The third-order valence-corrected chi connectivity index (χ3v) is 5.12. The zero-order valence-corrected chi connectivity index (χ0v) is 15.9. The van der Waals surface area contributed by atoms with Crippen LogP contribution < -0.4 is 15.4 Å². The van der Waals surface area contributed by atoms with E-state index in [-0.39, 0.29) is 24.3 Å². The maximum Gasteiger partial charge on any atom is 0.255 e. The smallest absolute Gasteiger partial charge is 0.255 e. The van der Waals surface area contributed by atoms with E-state index in [1.165, 1.54) is 0 Å². The van der Waals surface area contributed by atoms with Gasteiger partial charge in [0.25, 0.3) is 5.91 Å². The number of fused-ring (bicyclic) bond motifs is 1. The van der Waals surface area contributed by atoms with Crippen molar-refractivity contribution >= 4 is 17.7 Å². The van der Waals surface area contributed by atoms with Crippen LogP contribution in [0.4, 0.5) is 0 Å². The number of nitrogens with one attached hydrogen (secondary N) is 2. The van der Waals surface area contributed by atoms with Crippen LogP contribution in [0.3, 0.4) is 0 Å². The molecule has 2 fully saturated rings. The van der Waals surface area contributed by atoms with Crippen molar-refractivity contribution in [3.05, 3.63) is 29.3 Å². The topological polar surface area (TPSA) is 87.7 Å². The molecule has 146 valence electrons. The van der Waals surface area contributed by atoms with Crippen molar-refractivity contribution < 1.29 is 19.1 Å². The molecule has 1 aromatic carbocycles. The van der Waals surface area contributed by atoms with Gasteiger partial charge in [-0.1, -0.05) is 19.9 Å². The van der Waals surface area contributed by atoms with Gasteiger partial charge in [-0.05, 0) is 44.5 Å². The number of nitrogens with zero attached hydrogens (tertiary/aromatic N) is 1. The van der Waals surface area contributed by atoms with E-state index in [1.54, 1.807) is 11.0 Å². The summed E-state index contributed by atoms with van der Waals surface area (Å²) in [6.07, 6.45) is 2.65. The standard InChI is InChI=1S/C18H21N3O4.C2H6/c22-16-5-4-14(17(23)20-16)21-10-13-12(18(21)24)2-1-3-15(13)25-11-6-8-19-9-7-11;1-2/h1-3,11,14,19H,4-10H2,(H,20,22,23);1-2H3. The number of carbonyl (C=O) groups excluding carboxylic acids is 3. The van der Waals surface area contributed by atoms with E-state index in [2.05, 4.69) is 10.6 Å². The van der Waals surface area contributed by atoms with E-state index >= 15 is 0 Å². The molecule has 0 bridgehead atoms. The maximum absolute atomic E-state index is 12.8. The van der Waals surface area contributed by atoms with Gasteiger partial charge in [-0.15, -0.1) is 0 Å². The van der Waals surface area contributed by atoms with Crippen LogP contribution in [0.2, 0.25) is 0 Å². The molecule has 0 saturated carbocycles. The van der Waals surface area contributed by atoms with E-state index < -0.39 is 11.9 Å². The predicted octanol–water partition coefficient (Wildman–Crippen LogP) is 1.60. The van der Waals surface area contributed by atoms with Gasteiger partial charge in [0.2, 0.25) is 11.8 Å². The predicted molar refractivity (Wildman–Crippen MR) is 100 cm³/mol. The first-order valence-electron chi connectivity index (χ1n) is 9.77. The highest BCUT2D eigenvalue weighted by atomic mass is 16.5. The Labute approximate surface area is 159 Å². The third-order valence-electron chi connectivity index (χ3n) is 5.12. The minimum absolute atomic E-state index is 0.146. The fraction of sp³-hybridized carbons (Fsp3) is 0.550. The second-order valence-electron chi connectivity index (χ2n) is 6.75. The van der Waals surface area contributed by atoms with Crippen molar-refractivity contribution in [3.8, 4) is 5.75 Å². The lowest BCUT2D eigenvalue weighted by atomic mass is 10.0. The highest BCUT2D eigenvalue weighted by molar-refractivity contribution is 6.05. The Kier molecular flexibility index (Phi) is 6.11. The molecule has 0 spiro atoms. The molecule has 7 nitrogen and oxygen atoms in total. The summed E-state index contributed by atoms with van der Waals surface area (Å²) >= 11 is 0. The van der Waals surface area contributed by atoms with Crippen LogP contribution in [0.15, 0.2) is 18.2 Å².